The molecule has 2 N–H and O–H groups in total. The molecule has 4 heteroatoms. The summed E-state index contributed by atoms with van der Waals surface area (Å²) in [6.07, 6.45) is 18.4. The number of hydrogen-bond acceptors (Lipinski definition) is 4. The average Bonchev–Trinajstić information content (AvgIpc) is 2.63. The molecule has 152 valence electrons. The lowest BCUT2D eigenvalue weighted by molar-refractivity contribution is -0.0150. The van der Waals surface area contributed by atoms with Gasteiger partial charge in [-0.05, 0) is 6.42 Å². The Bertz CT molecular complexity index is 236. The molecule has 0 saturated heterocycles. The lowest BCUT2D eigenvalue weighted by Crippen LogP contribution is -2.20. The number of aliphatic hydroxyl groups is 2. The van der Waals surface area contributed by atoms with Gasteiger partial charge in [0.2, 0.25) is 0 Å². The van der Waals surface area contributed by atoms with Crippen LogP contribution in [0, 0.1) is 0 Å². The second-order valence-corrected chi connectivity index (χ2v) is 7.12. The first-order valence-corrected chi connectivity index (χ1v) is 10.8. The molecule has 0 fully saturated rings. The van der Waals surface area contributed by atoms with Gasteiger partial charge in [-0.2, -0.15) is 0 Å². The molecule has 0 aliphatic carbocycles. The number of ether oxygens (including phenoxy) is 2. The third kappa shape index (κ3) is 21.8. The number of hydrogen-bond donors (Lipinski definition) is 2. The highest BCUT2D eigenvalue weighted by Crippen LogP contribution is 2.12. The van der Waals surface area contributed by atoms with Gasteiger partial charge in [0.05, 0.1) is 26.4 Å². The maximum absolute atomic E-state index is 9.09. The molecule has 0 spiro atoms. The fourth-order valence-electron chi connectivity index (χ4n) is 2.89. The lowest BCUT2D eigenvalue weighted by atomic mass is 10.0. The second-order valence-electron chi connectivity index (χ2n) is 7.12. The van der Waals surface area contributed by atoms with Gasteiger partial charge >= 0.3 is 0 Å². The number of unbranched alkanes of at least 4 members (excludes halogenated alkanes) is 13. The molecule has 25 heavy (non-hydrogen) atoms. The minimum absolute atomic E-state index is 0.179. The molecule has 0 heterocycles. The fraction of sp³-hybridized carbons (Fsp3) is 1.00. The summed E-state index contributed by atoms with van der Waals surface area (Å²) in [4.78, 5) is 0. The van der Waals surface area contributed by atoms with E-state index in [2.05, 4.69) is 6.92 Å². The van der Waals surface area contributed by atoms with Crippen molar-refractivity contribution in [1.29, 1.82) is 0 Å². The fourth-order valence-corrected chi connectivity index (χ4v) is 2.89. The van der Waals surface area contributed by atoms with Gasteiger partial charge in [0.15, 0.2) is 0 Å². The monoisotopic (exact) mass is 360 g/mol. The van der Waals surface area contributed by atoms with Crippen molar-refractivity contribution < 1.29 is 19.7 Å². The zero-order valence-corrected chi connectivity index (χ0v) is 16.7. The van der Waals surface area contributed by atoms with Gasteiger partial charge in [0, 0.05) is 6.61 Å². The van der Waals surface area contributed by atoms with Crippen LogP contribution in [0.15, 0.2) is 0 Å². The standard InChI is InChI=1S/C21H44O4/c1-2-3-4-5-6-7-8-9-10-11-12-13-14-15-16-24-17-18-25-20-21(23)19-22/h21-23H,2-20H2,1H3. The van der Waals surface area contributed by atoms with Crippen molar-refractivity contribution in [1.82, 2.24) is 0 Å². The van der Waals surface area contributed by atoms with E-state index in [0.29, 0.717) is 13.2 Å². The van der Waals surface area contributed by atoms with Crippen LogP contribution in [-0.2, 0) is 9.47 Å². The lowest BCUT2D eigenvalue weighted by Gasteiger charge is -2.08. The van der Waals surface area contributed by atoms with Gasteiger partial charge in [-0.25, -0.2) is 0 Å². The van der Waals surface area contributed by atoms with Crippen molar-refractivity contribution in [3.8, 4) is 0 Å². The summed E-state index contributed by atoms with van der Waals surface area (Å²) in [5.74, 6) is 0. The smallest absolute Gasteiger partial charge is 0.100 e. The summed E-state index contributed by atoms with van der Waals surface area (Å²) in [7, 11) is 0. The minimum atomic E-state index is -0.772. The Labute approximate surface area is 156 Å². The van der Waals surface area contributed by atoms with Crippen LogP contribution < -0.4 is 0 Å². The van der Waals surface area contributed by atoms with E-state index >= 15 is 0 Å². The van der Waals surface area contributed by atoms with E-state index in [1.54, 1.807) is 0 Å². The predicted molar refractivity (Wildman–Crippen MR) is 105 cm³/mol. The molecule has 0 aromatic carbocycles. The molecule has 0 aliphatic rings. The molecule has 1 unspecified atom stereocenters. The van der Waals surface area contributed by atoms with Crippen molar-refractivity contribution in [3.05, 3.63) is 0 Å². The van der Waals surface area contributed by atoms with Crippen LogP contribution in [-0.4, -0.2) is 49.4 Å². The average molecular weight is 361 g/mol. The van der Waals surface area contributed by atoms with Gasteiger partial charge < -0.3 is 19.7 Å². The number of aliphatic hydroxyl groups excluding tert-OH is 2. The summed E-state index contributed by atoms with van der Waals surface area (Å²) < 4.78 is 10.7. The maximum atomic E-state index is 9.09. The van der Waals surface area contributed by atoms with E-state index in [4.69, 9.17) is 19.7 Å². The maximum Gasteiger partial charge on any atom is 0.100 e. The molecule has 4 nitrogen and oxygen atoms in total. The van der Waals surface area contributed by atoms with E-state index in [0.717, 1.165) is 13.0 Å². The van der Waals surface area contributed by atoms with Gasteiger partial charge in [-0.3, -0.25) is 0 Å². The van der Waals surface area contributed by atoms with Crippen LogP contribution >= 0.6 is 0 Å². The highest BCUT2D eigenvalue weighted by molar-refractivity contribution is 4.50. The molecular weight excluding hydrogens is 316 g/mol. The second kappa shape index (κ2) is 21.9. The third-order valence-electron chi connectivity index (χ3n) is 4.54. The van der Waals surface area contributed by atoms with Crippen LogP contribution in [0.5, 0.6) is 0 Å². The Morgan fingerprint density at radius 2 is 1.04 bits per heavy atom. The molecule has 0 bridgehead atoms. The normalized spacial score (nSPS) is 12.6. The van der Waals surface area contributed by atoms with Gasteiger partial charge in [-0.15, -0.1) is 0 Å². The Morgan fingerprint density at radius 1 is 0.600 bits per heavy atom. The Kier molecular flexibility index (Phi) is 21.7. The highest BCUT2D eigenvalue weighted by Gasteiger charge is 2.00. The Hall–Kier alpha value is -0.160. The summed E-state index contributed by atoms with van der Waals surface area (Å²) >= 11 is 0. The molecule has 0 aromatic rings. The van der Waals surface area contributed by atoms with Crippen LogP contribution in [0.3, 0.4) is 0 Å². The van der Waals surface area contributed by atoms with E-state index in [9.17, 15) is 0 Å². The molecule has 0 aromatic heterocycles. The van der Waals surface area contributed by atoms with Crippen LogP contribution in [0.1, 0.15) is 96.8 Å². The zero-order chi connectivity index (χ0) is 18.4. The molecule has 0 radical (unpaired) electrons. The molecular formula is C21H44O4. The number of rotatable bonds is 21. The van der Waals surface area contributed by atoms with E-state index in [1.807, 2.05) is 0 Å². The van der Waals surface area contributed by atoms with Gasteiger partial charge in [0.1, 0.15) is 6.10 Å². The summed E-state index contributed by atoms with van der Waals surface area (Å²) in [5, 5.41) is 17.7. The summed E-state index contributed by atoms with van der Waals surface area (Å²) in [6.45, 7) is 4.05. The Morgan fingerprint density at radius 3 is 1.52 bits per heavy atom. The third-order valence-corrected chi connectivity index (χ3v) is 4.54. The quantitative estimate of drug-likeness (QED) is 0.287. The Balaban J connectivity index is 2.98. The SMILES string of the molecule is CCCCCCCCCCCCCCCCOCCOCC(O)CO. The van der Waals surface area contributed by atoms with Crippen LogP contribution in [0.25, 0.3) is 0 Å². The molecule has 1 atom stereocenters. The first-order chi connectivity index (χ1) is 12.3. The molecule has 0 aliphatic heterocycles. The van der Waals surface area contributed by atoms with Gasteiger partial charge in [0.25, 0.3) is 0 Å². The zero-order valence-electron chi connectivity index (χ0n) is 16.7. The first kappa shape index (κ1) is 24.8. The predicted octanol–water partition coefficient (Wildman–Crippen LogP) is 4.85. The van der Waals surface area contributed by atoms with Crippen molar-refractivity contribution in [2.24, 2.45) is 0 Å². The molecule has 0 rings (SSSR count). The van der Waals surface area contributed by atoms with Crippen molar-refractivity contribution in [2.75, 3.05) is 33.0 Å². The highest BCUT2D eigenvalue weighted by atomic mass is 16.5. The topological polar surface area (TPSA) is 58.9 Å². The van der Waals surface area contributed by atoms with Crippen molar-refractivity contribution >= 4 is 0 Å². The summed E-state index contributed by atoms with van der Waals surface area (Å²) in [5.41, 5.74) is 0. The largest absolute Gasteiger partial charge is 0.394 e. The van der Waals surface area contributed by atoms with Crippen molar-refractivity contribution in [3.63, 3.8) is 0 Å². The summed E-state index contributed by atoms with van der Waals surface area (Å²) in [6, 6.07) is 0. The van der Waals surface area contributed by atoms with E-state index in [-0.39, 0.29) is 13.2 Å². The molecule has 0 amide bonds. The van der Waals surface area contributed by atoms with Crippen LogP contribution in [0.4, 0.5) is 0 Å². The molecule has 0 saturated carbocycles. The van der Waals surface area contributed by atoms with Crippen molar-refractivity contribution in [2.45, 2.75) is 103 Å². The van der Waals surface area contributed by atoms with Gasteiger partial charge in [-0.1, -0.05) is 90.4 Å². The van der Waals surface area contributed by atoms with E-state index in [1.165, 1.54) is 83.5 Å². The first-order valence-electron chi connectivity index (χ1n) is 10.8. The van der Waals surface area contributed by atoms with Crippen LogP contribution in [0.2, 0.25) is 0 Å². The minimum Gasteiger partial charge on any atom is -0.394 e. The van der Waals surface area contributed by atoms with E-state index < -0.39 is 6.10 Å².